The van der Waals surface area contributed by atoms with Crippen LogP contribution in [-0.4, -0.2) is 35.5 Å². The van der Waals surface area contributed by atoms with E-state index >= 15 is 0 Å². The number of carbonyl (C=O) groups excluding carboxylic acids is 1. The standard InChI is InChI=1S/C14H24N2O/c1-9-3-6-13(10(9)2)16-8-7-12(14(16)17)15-11-4-5-11/h9-13,15H,3-8H2,1-2H3. The van der Waals surface area contributed by atoms with Gasteiger partial charge in [0.05, 0.1) is 6.04 Å². The van der Waals surface area contributed by atoms with Crippen LogP contribution >= 0.6 is 0 Å². The Morgan fingerprint density at radius 3 is 2.47 bits per heavy atom. The van der Waals surface area contributed by atoms with E-state index in [1.807, 2.05) is 0 Å². The van der Waals surface area contributed by atoms with Crippen molar-refractivity contribution >= 4 is 5.91 Å². The average molecular weight is 236 g/mol. The maximum Gasteiger partial charge on any atom is 0.240 e. The predicted molar refractivity (Wildman–Crippen MR) is 67.6 cm³/mol. The molecule has 4 unspecified atom stereocenters. The molecule has 0 bridgehead atoms. The van der Waals surface area contributed by atoms with Gasteiger partial charge in [-0.15, -0.1) is 0 Å². The molecule has 3 aliphatic rings. The number of rotatable bonds is 3. The van der Waals surface area contributed by atoms with Crippen LogP contribution in [0, 0.1) is 11.8 Å². The number of hydrogen-bond acceptors (Lipinski definition) is 2. The molecule has 3 fully saturated rings. The summed E-state index contributed by atoms with van der Waals surface area (Å²) in [4.78, 5) is 14.5. The van der Waals surface area contributed by atoms with Gasteiger partial charge in [-0.3, -0.25) is 4.79 Å². The Bertz CT molecular complexity index is 313. The number of nitrogens with zero attached hydrogens (tertiary/aromatic N) is 1. The zero-order chi connectivity index (χ0) is 12.0. The molecule has 0 aromatic heterocycles. The molecule has 0 radical (unpaired) electrons. The SMILES string of the molecule is CC1CCC(N2CCC(NC3CC3)C2=O)C1C. The Morgan fingerprint density at radius 2 is 1.88 bits per heavy atom. The van der Waals surface area contributed by atoms with Crippen LogP contribution in [0.1, 0.15) is 46.0 Å². The summed E-state index contributed by atoms with van der Waals surface area (Å²) in [6, 6.07) is 1.29. The van der Waals surface area contributed by atoms with Gasteiger partial charge in [0.2, 0.25) is 5.91 Å². The van der Waals surface area contributed by atoms with Gasteiger partial charge in [0, 0.05) is 18.6 Å². The molecule has 0 aromatic rings. The molecule has 1 saturated heterocycles. The van der Waals surface area contributed by atoms with E-state index in [9.17, 15) is 4.79 Å². The highest BCUT2D eigenvalue weighted by Gasteiger charge is 2.42. The second-order valence-corrected chi connectivity index (χ2v) is 6.29. The molecule has 2 saturated carbocycles. The summed E-state index contributed by atoms with van der Waals surface area (Å²) < 4.78 is 0. The van der Waals surface area contributed by atoms with E-state index in [1.54, 1.807) is 0 Å². The van der Waals surface area contributed by atoms with Crippen molar-refractivity contribution in [2.24, 2.45) is 11.8 Å². The number of likely N-dealkylation sites (tertiary alicyclic amines) is 1. The van der Waals surface area contributed by atoms with Gasteiger partial charge in [-0.05, 0) is 43.9 Å². The lowest BCUT2D eigenvalue weighted by molar-refractivity contribution is -0.132. The van der Waals surface area contributed by atoms with E-state index in [1.165, 1.54) is 25.7 Å². The number of hydrogen-bond donors (Lipinski definition) is 1. The lowest BCUT2D eigenvalue weighted by Crippen LogP contribution is -2.44. The van der Waals surface area contributed by atoms with Crippen molar-refractivity contribution in [1.29, 1.82) is 0 Å². The molecular weight excluding hydrogens is 212 g/mol. The molecule has 1 amide bonds. The zero-order valence-electron chi connectivity index (χ0n) is 11.0. The van der Waals surface area contributed by atoms with Crippen LogP contribution in [-0.2, 0) is 4.79 Å². The van der Waals surface area contributed by atoms with E-state index in [0.29, 0.717) is 23.9 Å². The van der Waals surface area contributed by atoms with Crippen molar-refractivity contribution < 1.29 is 4.79 Å². The van der Waals surface area contributed by atoms with Gasteiger partial charge in [0.25, 0.3) is 0 Å². The third kappa shape index (κ3) is 2.10. The Morgan fingerprint density at radius 1 is 1.12 bits per heavy atom. The normalized spacial score (nSPS) is 42.5. The molecule has 1 heterocycles. The van der Waals surface area contributed by atoms with Crippen molar-refractivity contribution in [2.45, 2.75) is 64.1 Å². The highest BCUT2D eigenvalue weighted by molar-refractivity contribution is 5.84. The van der Waals surface area contributed by atoms with E-state index in [4.69, 9.17) is 0 Å². The van der Waals surface area contributed by atoms with Crippen LogP contribution in [0.25, 0.3) is 0 Å². The van der Waals surface area contributed by atoms with Crippen LogP contribution in [0.3, 0.4) is 0 Å². The lowest BCUT2D eigenvalue weighted by Gasteiger charge is -2.29. The Balaban J connectivity index is 1.62. The first-order valence-electron chi connectivity index (χ1n) is 7.23. The summed E-state index contributed by atoms with van der Waals surface area (Å²) in [5.74, 6) is 1.84. The lowest BCUT2D eigenvalue weighted by atomic mass is 9.97. The van der Waals surface area contributed by atoms with Crippen molar-refractivity contribution in [1.82, 2.24) is 10.2 Å². The molecule has 96 valence electrons. The predicted octanol–water partition coefficient (Wildman–Crippen LogP) is 1.77. The fraction of sp³-hybridized carbons (Fsp3) is 0.929. The largest absolute Gasteiger partial charge is 0.338 e. The monoisotopic (exact) mass is 236 g/mol. The number of nitrogens with one attached hydrogen (secondary N) is 1. The third-order valence-corrected chi connectivity index (χ3v) is 5.08. The molecule has 1 aliphatic heterocycles. The van der Waals surface area contributed by atoms with Gasteiger partial charge in [-0.1, -0.05) is 13.8 Å². The van der Waals surface area contributed by atoms with Crippen LogP contribution < -0.4 is 5.32 Å². The van der Waals surface area contributed by atoms with Gasteiger partial charge < -0.3 is 10.2 Å². The summed E-state index contributed by atoms with van der Waals surface area (Å²) in [6.07, 6.45) is 6.05. The van der Waals surface area contributed by atoms with Crippen LogP contribution in [0.4, 0.5) is 0 Å². The van der Waals surface area contributed by atoms with E-state index in [-0.39, 0.29) is 6.04 Å². The second kappa shape index (κ2) is 4.27. The molecule has 2 aliphatic carbocycles. The first-order valence-corrected chi connectivity index (χ1v) is 7.23. The molecule has 3 rings (SSSR count). The van der Waals surface area contributed by atoms with Crippen molar-refractivity contribution in [3.63, 3.8) is 0 Å². The smallest absolute Gasteiger partial charge is 0.240 e. The van der Waals surface area contributed by atoms with E-state index in [0.717, 1.165) is 18.9 Å². The van der Waals surface area contributed by atoms with Gasteiger partial charge in [-0.2, -0.15) is 0 Å². The van der Waals surface area contributed by atoms with Gasteiger partial charge in [-0.25, -0.2) is 0 Å². The quantitative estimate of drug-likeness (QED) is 0.810. The maximum atomic E-state index is 12.4. The number of amides is 1. The topological polar surface area (TPSA) is 32.3 Å². The summed E-state index contributed by atoms with van der Waals surface area (Å²) in [5.41, 5.74) is 0. The summed E-state index contributed by atoms with van der Waals surface area (Å²) >= 11 is 0. The highest BCUT2D eigenvalue weighted by atomic mass is 16.2. The minimum atomic E-state index is 0.130. The van der Waals surface area contributed by atoms with E-state index in [2.05, 4.69) is 24.1 Å². The minimum absolute atomic E-state index is 0.130. The Labute approximate surface area is 104 Å². The van der Waals surface area contributed by atoms with Crippen LogP contribution in [0.2, 0.25) is 0 Å². The molecular formula is C14H24N2O. The fourth-order valence-electron chi connectivity index (χ4n) is 3.50. The highest BCUT2D eigenvalue weighted by Crippen LogP contribution is 2.36. The van der Waals surface area contributed by atoms with Crippen LogP contribution in [0.15, 0.2) is 0 Å². The molecule has 1 N–H and O–H groups in total. The van der Waals surface area contributed by atoms with Crippen LogP contribution in [0.5, 0.6) is 0 Å². The van der Waals surface area contributed by atoms with Crippen molar-refractivity contribution in [2.75, 3.05) is 6.54 Å². The average Bonchev–Trinajstić information content (AvgIpc) is 2.99. The molecule has 17 heavy (non-hydrogen) atoms. The van der Waals surface area contributed by atoms with E-state index < -0.39 is 0 Å². The first kappa shape index (κ1) is 11.5. The molecule has 0 aromatic carbocycles. The van der Waals surface area contributed by atoms with Gasteiger partial charge >= 0.3 is 0 Å². The minimum Gasteiger partial charge on any atom is -0.338 e. The maximum absolute atomic E-state index is 12.4. The third-order valence-electron chi connectivity index (χ3n) is 5.08. The molecule has 3 nitrogen and oxygen atoms in total. The molecule has 3 heteroatoms. The summed E-state index contributed by atoms with van der Waals surface area (Å²) in [5, 5.41) is 3.49. The summed E-state index contributed by atoms with van der Waals surface area (Å²) in [7, 11) is 0. The first-order chi connectivity index (χ1) is 8.16. The zero-order valence-corrected chi connectivity index (χ0v) is 11.0. The van der Waals surface area contributed by atoms with Gasteiger partial charge in [0.15, 0.2) is 0 Å². The molecule has 4 atom stereocenters. The van der Waals surface area contributed by atoms with Gasteiger partial charge in [0.1, 0.15) is 0 Å². The Kier molecular flexibility index (Phi) is 2.89. The fourth-order valence-corrected chi connectivity index (χ4v) is 3.50. The Hall–Kier alpha value is -0.570. The molecule has 0 spiro atoms. The number of carbonyl (C=O) groups is 1. The van der Waals surface area contributed by atoms with Crippen molar-refractivity contribution in [3.05, 3.63) is 0 Å². The van der Waals surface area contributed by atoms with Crippen molar-refractivity contribution in [3.8, 4) is 0 Å². The second-order valence-electron chi connectivity index (χ2n) is 6.29. The summed E-state index contributed by atoms with van der Waals surface area (Å²) in [6.45, 7) is 5.62.